The normalized spacial score (nSPS) is 12.0. The molecule has 6 nitrogen and oxygen atoms in total. The Morgan fingerprint density at radius 3 is 2.19 bits per heavy atom. The Balaban J connectivity index is 2.06. The minimum Gasteiger partial charge on any atom is -0.388 e. The van der Waals surface area contributed by atoms with Crippen molar-refractivity contribution in [2.24, 2.45) is 0 Å². The van der Waals surface area contributed by atoms with Crippen molar-refractivity contribution in [1.29, 1.82) is 0 Å². The molecule has 2 N–H and O–H groups in total. The molecule has 0 spiro atoms. The van der Waals surface area contributed by atoms with Crippen molar-refractivity contribution in [2.45, 2.75) is 11.1 Å². The van der Waals surface area contributed by atoms with Crippen molar-refractivity contribution in [1.82, 2.24) is 9.89 Å². The van der Waals surface area contributed by atoms with E-state index in [9.17, 15) is 21.6 Å². The van der Waals surface area contributed by atoms with Gasteiger partial charge in [-0.1, -0.05) is 30.3 Å². The standard InChI is InChI=1S/C17H15F3N4O2S/c1-21-13-9-7-12(8-10-13)15-11-16(17(18,19)20)22-24(15)23-27(25,26)14-5-3-2-4-6-14/h2-11,21,23H,1H3. The highest BCUT2D eigenvalue weighted by atomic mass is 32.2. The Morgan fingerprint density at radius 1 is 1.00 bits per heavy atom. The van der Waals surface area contributed by atoms with Crippen LogP contribution in [0.5, 0.6) is 0 Å². The van der Waals surface area contributed by atoms with Gasteiger partial charge in [-0.25, -0.2) is 0 Å². The van der Waals surface area contributed by atoms with E-state index in [1.807, 2.05) is 0 Å². The Labute approximate surface area is 153 Å². The van der Waals surface area contributed by atoms with E-state index in [0.29, 0.717) is 10.4 Å². The van der Waals surface area contributed by atoms with Crippen molar-refractivity contribution in [2.75, 3.05) is 17.2 Å². The van der Waals surface area contributed by atoms with Crippen molar-refractivity contribution in [3.8, 4) is 11.3 Å². The van der Waals surface area contributed by atoms with Crippen molar-refractivity contribution in [3.05, 3.63) is 66.4 Å². The van der Waals surface area contributed by atoms with Crippen LogP contribution < -0.4 is 10.1 Å². The van der Waals surface area contributed by atoms with E-state index in [1.165, 1.54) is 24.3 Å². The van der Waals surface area contributed by atoms with Crippen LogP contribution in [-0.2, 0) is 16.2 Å². The third kappa shape index (κ3) is 4.05. The van der Waals surface area contributed by atoms with Gasteiger partial charge in [-0.15, -0.1) is 5.10 Å². The number of alkyl halides is 3. The van der Waals surface area contributed by atoms with Gasteiger partial charge in [0.1, 0.15) is 0 Å². The van der Waals surface area contributed by atoms with Crippen LogP contribution in [-0.4, -0.2) is 25.4 Å². The van der Waals surface area contributed by atoms with Crippen LogP contribution in [0.15, 0.2) is 65.6 Å². The molecule has 0 bridgehead atoms. The number of rotatable bonds is 5. The van der Waals surface area contributed by atoms with E-state index in [4.69, 9.17) is 0 Å². The zero-order valence-corrected chi connectivity index (χ0v) is 14.8. The molecule has 0 aliphatic rings. The average Bonchev–Trinajstić information content (AvgIpc) is 3.06. The highest BCUT2D eigenvalue weighted by molar-refractivity contribution is 7.92. The van der Waals surface area contributed by atoms with Gasteiger partial charge < -0.3 is 5.32 Å². The number of hydrogen-bond acceptors (Lipinski definition) is 4. The number of nitrogens with zero attached hydrogens (tertiary/aromatic N) is 2. The molecule has 0 fully saturated rings. The van der Waals surface area contributed by atoms with Gasteiger partial charge >= 0.3 is 6.18 Å². The van der Waals surface area contributed by atoms with Crippen LogP contribution in [0, 0.1) is 0 Å². The largest absolute Gasteiger partial charge is 0.435 e. The molecule has 142 valence electrons. The van der Waals surface area contributed by atoms with Crippen LogP contribution >= 0.6 is 0 Å². The molecule has 2 aromatic carbocycles. The van der Waals surface area contributed by atoms with Gasteiger partial charge in [0.15, 0.2) is 5.69 Å². The fourth-order valence-electron chi connectivity index (χ4n) is 2.37. The number of anilines is 1. The number of sulfonamides is 1. The minimum absolute atomic E-state index is 0.0375. The van der Waals surface area contributed by atoms with Crippen molar-refractivity contribution >= 4 is 15.7 Å². The molecule has 0 saturated heterocycles. The van der Waals surface area contributed by atoms with E-state index in [1.54, 1.807) is 37.4 Å². The molecule has 0 amide bonds. The second-order valence-electron chi connectivity index (χ2n) is 5.56. The fourth-order valence-corrected chi connectivity index (χ4v) is 3.36. The molecule has 0 saturated carbocycles. The second kappa shape index (κ2) is 6.95. The van der Waals surface area contributed by atoms with Gasteiger partial charge in [-0.3, -0.25) is 0 Å². The summed E-state index contributed by atoms with van der Waals surface area (Å²) in [5.74, 6) is 0. The first-order chi connectivity index (χ1) is 12.7. The highest BCUT2D eigenvalue weighted by Crippen LogP contribution is 2.32. The molecule has 10 heteroatoms. The third-order valence-electron chi connectivity index (χ3n) is 3.73. The lowest BCUT2D eigenvalue weighted by molar-refractivity contribution is -0.141. The van der Waals surface area contributed by atoms with Gasteiger partial charge in [-0.2, -0.15) is 31.2 Å². The monoisotopic (exact) mass is 396 g/mol. The molecule has 1 aromatic heterocycles. The van der Waals surface area contributed by atoms with Gasteiger partial charge in [0, 0.05) is 18.3 Å². The molecular formula is C17H15F3N4O2S. The van der Waals surface area contributed by atoms with Crippen LogP contribution in [0.4, 0.5) is 18.9 Å². The molecule has 0 aliphatic heterocycles. The smallest absolute Gasteiger partial charge is 0.388 e. The predicted molar refractivity (Wildman–Crippen MR) is 95.2 cm³/mol. The molecule has 0 radical (unpaired) electrons. The summed E-state index contributed by atoms with van der Waals surface area (Å²) in [6.07, 6.45) is -4.72. The summed E-state index contributed by atoms with van der Waals surface area (Å²) in [4.78, 5) is 2.62. The summed E-state index contributed by atoms with van der Waals surface area (Å²) in [5, 5.41) is 6.29. The lowest BCUT2D eigenvalue weighted by Gasteiger charge is -2.11. The Bertz CT molecular complexity index is 1030. The zero-order chi connectivity index (χ0) is 19.7. The molecule has 0 aliphatic carbocycles. The molecule has 3 aromatic rings. The SMILES string of the molecule is CNc1ccc(-c2cc(C(F)(F)F)nn2NS(=O)(=O)c2ccccc2)cc1. The molecule has 0 unspecified atom stereocenters. The van der Waals surface area contributed by atoms with Crippen LogP contribution in [0.3, 0.4) is 0 Å². The first-order valence-electron chi connectivity index (χ1n) is 7.74. The summed E-state index contributed by atoms with van der Waals surface area (Å²) in [5.41, 5.74) is -0.117. The topological polar surface area (TPSA) is 76.0 Å². The van der Waals surface area contributed by atoms with Gasteiger partial charge in [-0.05, 0) is 30.3 Å². The Morgan fingerprint density at radius 2 is 1.63 bits per heavy atom. The highest BCUT2D eigenvalue weighted by Gasteiger charge is 2.35. The summed E-state index contributed by atoms with van der Waals surface area (Å²) >= 11 is 0. The molecular weight excluding hydrogens is 381 g/mol. The maximum absolute atomic E-state index is 13.1. The Kier molecular flexibility index (Phi) is 4.83. The number of benzene rings is 2. The first kappa shape index (κ1) is 18.8. The third-order valence-corrected chi connectivity index (χ3v) is 5.04. The number of halogens is 3. The summed E-state index contributed by atoms with van der Waals surface area (Å²) in [6, 6.07) is 14.6. The summed E-state index contributed by atoms with van der Waals surface area (Å²) in [7, 11) is -2.41. The zero-order valence-electron chi connectivity index (χ0n) is 14.0. The van der Waals surface area contributed by atoms with E-state index in [-0.39, 0.29) is 10.6 Å². The van der Waals surface area contributed by atoms with E-state index in [0.717, 1.165) is 11.8 Å². The van der Waals surface area contributed by atoms with E-state index in [2.05, 4.69) is 15.2 Å². The molecule has 27 heavy (non-hydrogen) atoms. The summed E-state index contributed by atoms with van der Waals surface area (Å²) in [6.45, 7) is 0. The van der Waals surface area contributed by atoms with Crippen molar-refractivity contribution < 1.29 is 21.6 Å². The molecule has 1 heterocycles. The van der Waals surface area contributed by atoms with E-state index < -0.39 is 21.9 Å². The van der Waals surface area contributed by atoms with E-state index >= 15 is 0 Å². The molecule has 0 atom stereocenters. The number of nitrogens with one attached hydrogen (secondary N) is 2. The Hall–Kier alpha value is -3.01. The maximum Gasteiger partial charge on any atom is 0.435 e. The van der Waals surface area contributed by atoms with Gasteiger partial charge in [0.2, 0.25) is 0 Å². The fraction of sp³-hybridized carbons (Fsp3) is 0.118. The summed E-state index contributed by atoms with van der Waals surface area (Å²) < 4.78 is 64.3. The predicted octanol–water partition coefficient (Wildman–Crippen LogP) is 3.54. The first-order valence-corrected chi connectivity index (χ1v) is 9.22. The lowest BCUT2D eigenvalue weighted by atomic mass is 10.1. The number of hydrogen-bond donors (Lipinski definition) is 2. The molecule has 3 rings (SSSR count). The lowest BCUT2D eigenvalue weighted by Crippen LogP contribution is -2.25. The van der Waals surface area contributed by atoms with Crippen LogP contribution in [0.2, 0.25) is 0 Å². The van der Waals surface area contributed by atoms with Gasteiger partial charge in [0.05, 0.1) is 10.6 Å². The van der Waals surface area contributed by atoms with Gasteiger partial charge in [0.25, 0.3) is 10.0 Å². The number of aromatic nitrogens is 2. The minimum atomic E-state index is -4.72. The van der Waals surface area contributed by atoms with Crippen LogP contribution in [0.1, 0.15) is 5.69 Å². The van der Waals surface area contributed by atoms with Crippen LogP contribution in [0.25, 0.3) is 11.3 Å². The quantitative estimate of drug-likeness (QED) is 0.692. The second-order valence-corrected chi connectivity index (χ2v) is 7.22. The maximum atomic E-state index is 13.1. The van der Waals surface area contributed by atoms with Crippen molar-refractivity contribution in [3.63, 3.8) is 0 Å². The average molecular weight is 396 g/mol.